The van der Waals surface area contributed by atoms with Gasteiger partial charge in [0.15, 0.2) is 23.3 Å². The molecule has 0 spiro atoms. The van der Waals surface area contributed by atoms with Crippen molar-refractivity contribution in [3.05, 3.63) is 105 Å². The predicted molar refractivity (Wildman–Crippen MR) is 114 cm³/mol. The largest absolute Gasteiger partial charge is 0.206 e. The van der Waals surface area contributed by atoms with Crippen LogP contribution < -0.4 is 0 Å². The van der Waals surface area contributed by atoms with E-state index in [0.717, 1.165) is 23.6 Å². The summed E-state index contributed by atoms with van der Waals surface area (Å²) < 4.78 is 70.9. The topological polar surface area (TPSA) is 0 Å². The molecule has 1 atom stereocenters. The zero-order valence-corrected chi connectivity index (χ0v) is 17.5. The molecule has 0 saturated carbocycles. The summed E-state index contributed by atoms with van der Waals surface area (Å²) in [5.41, 5.74) is 2.22. The minimum Gasteiger partial charge on any atom is -0.206 e. The van der Waals surface area contributed by atoms with Crippen LogP contribution in [0.4, 0.5) is 22.0 Å². The molecule has 0 heterocycles. The molecule has 0 bridgehead atoms. The van der Waals surface area contributed by atoms with Gasteiger partial charge in [-0.25, -0.2) is 22.0 Å². The Labute approximate surface area is 184 Å². The van der Waals surface area contributed by atoms with Crippen LogP contribution in [0.5, 0.6) is 0 Å². The Morgan fingerprint density at radius 3 is 2.38 bits per heavy atom. The molecule has 1 aliphatic rings. The van der Waals surface area contributed by atoms with E-state index in [-0.39, 0.29) is 17.0 Å². The number of hydrogen-bond acceptors (Lipinski definition) is 0. The first-order valence-corrected chi connectivity index (χ1v) is 10.6. The third-order valence-electron chi connectivity index (χ3n) is 5.95. The number of benzene rings is 3. The van der Waals surface area contributed by atoms with Crippen molar-refractivity contribution in [3.63, 3.8) is 0 Å². The van der Waals surface area contributed by atoms with Gasteiger partial charge >= 0.3 is 0 Å². The van der Waals surface area contributed by atoms with Gasteiger partial charge in [0.1, 0.15) is 5.82 Å². The molecule has 3 aromatic carbocycles. The van der Waals surface area contributed by atoms with Crippen molar-refractivity contribution >= 4 is 0 Å². The molecule has 0 nitrogen and oxygen atoms in total. The highest BCUT2D eigenvalue weighted by molar-refractivity contribution is 5.48. The zero-order valence-electron chi connectivity index (χ0n) is 17.5. The summed E-state index contributed by atoms with van der Waals surface area (Å²) in [6.45, 7) is 1.91. The van der Waals surface area contributed by atoms with E-state index in [0.29, 0.717) is 36.8 Å². The number of aryl methyl sites for hydroxylation is 2. The highest BCUT2D eigenvalue weighted by Gasteiger charge is 2.26. The van der Waals surface area contributed by atoms with Crippen LogP contribution in [0.3, 0.4) is 0 Å². The first kappa shape index (κ1) is 22.1. The highest BCUT2D eigenvalue weighted by Crippen LogP contribution is 2.36. The Kier molecular flexibility index (Phi) is 6.32. The van der Waals surface area contributed by atoms with Crippen LogP contribution in [-0.4, -0.2) is 0 Å². The summed E-state index contributed by atoms with van der Waals surface area (Å²) in [6, 6.07) is 9.89. The number of rotatable bonds is 3. The SMILES string of the molecule is CCCc1ccc(C2CCc3cc(C#Cc4cccc(F)c4F)c(F)cc3C2)c(F)c1F. The van der Waals surface area contributed by atoms with Crippen molar-refractivity contribution in [2.24, 2.45) is 0 Å². The van der Waals surface area contributed by atoms with Gasteiger partial charge in [-0.15, -0.1) is 0 Å². The van der Waals surface area contributed by atoms with Crippen LogP contribution in [-0.2, 0) is 19.3 Å². The van der Waals surface area contributed by atoms with Crippen LogP contribution in [0.2, 0.25) is 0 Å². The lowest BCUT2D eigenvalue weighted by molar-refractivity contribution is 0.466. The third kappa shape index (κ3) is 4.27. The summed E-state index contributed by atoms with van der Waals surface area (Å²) >= 11 is 0. The zero-order chi connectivity index (χ0) is 22.8. The van der Waals surface area contributed by atoms with E-state index >= 15 is 0 Å². The molecule has 3 aromatic rings. The fourth-order valence-corrected chi connectivity index (χ4v) is 4.26. The minimum absolute atomic E-state index is 0.0898. The van der Waals surface area contributed by atoms with Crippen molar-refractivity contribution in [1.82, 2.24) is 0 Å². The molecule has 1 unspecified atom stereocenters. The summed E-state index contributed by atoms with van der Waals surface area (Å²) in [5.74, 6) is 0.547. The molecule has 0 amide bonds. The standard InChI is InChI=1S/C27H21F5/c1-2-4-16-11-12-22(27(32)26(16)31)19-9-8-18-13-20(24(29)15-21(18)14-19)10-7-17-5-3-6-23(28)25(17)30/h3,5-6,11-13,15,19H,2,4,8-9,14H2,1H3. The number of fused-ring (bicyclic) bond motifs is 1. The maximum Gasteiger partial charge on any atom is 0.174 e. The molecule has 5 heteroatoms. The van der Waals surface area contributed by atoms with E-state index < -0.39 is 29.1 Å². The Morgan fingerprint density at radius 1 is 0.812 bits per heavy atom. The van der Waals surface area contributed by atoms with E-state index in [9.17, 15) is 22.0 Å². The molecule has 0 N–H and O–H groups in total. The van der Waals surface area contributed by atoms with Crippen molar-refractivity contribution in [1.29, 1.82) is 0 Å². The first-order valence-electron chi connectivity index (χ1n) is 10.6. The lowest BCUT2D eigenvalue weighted by Gasteiger charge is -2.26. The predicted octanol–water partition coefficient (Wildman–Crippen LogP) is 7.01. The van der Waals surface area contributed by atoms with Crippen molar-refractivity contribution in [2.75, 3.05) is 0 Å². The number of hydrogen-bond donors (Lipinski definition) is 0. The molecule has 0 fully saturated rings. The van der Waals surface area contributed by atoms with Crippen LogP contribution in [0.25, 0.3) is 0 Å². The molecule has 4 rings (SSSR count). The average molecular weight is 440 g/mol. The molecule has 164 valence electrons. The lowest BCUT2D eigenvalue weighted by atomic mass is 9.79. The van der Waals surface area contributed by atoms with Gasteiger partial charge in [0, 0.05) is 0 Å². The van der Waals surface area contributed by atoms with Gasteiger partial charge < -0.3 is 0 Å². The molecular weight excluding hydrogens is 419 g/mol. The minimum atomic E-state index is -1.07. The highest BCUT2D eigenvalue weighted by atomic mass is 19.2. The Bertz CT molecular complexity index is 1230. The van der Waals surface area contributed by atoms with Gasteiger partial charge in [-0.2, -0.15) is 0 Å². The molecule has 0 aromatic heterocycles. The van der Waals surface area contributed by atoms with Gasteiger partial charge in [0.2, 0.25) is 0 Å². The smallest absolute Gasteiger partial charge is 0.174 e. The second-order valence-electron chi connectivity index (χ2n) is 8.08. The fraction of sp³-hybridized carbons (Fsp3) is 0.259. The van der Waals surface area contributed by atoms with Crippen molar-refractivity contribution < 1.29 is 22.0 Å². The summed E-state index contributed by atoms with van der Waals surface area (Å²) in [5, 5.41) is 0. The third-order valence-corrected chi connectivity index (χ3v) is 5.95. The Balaban J connectivity index is 1.60. The van der Waals surface area contributed by atoms with E-state index in [1.165, 1.54) is 18.2 Å². The summed E-state index contributed by atoms with van der Waals surface area (Å²) in [6.07, 6.45) is 2.74. The van der Waals surface area contributed by atoms with Crippen LogP contribution in [0.1, 0.15) is 59.1 Å². The van der Waals surface area contributed by atoms with Gasteiger partial charge in [-0.1, -0.05) is 43.4 Å². The van der Waals surface area contributed by atoms with E-state index in [2.05, 4.69) is 11.8 Å². The monoisotopic (exact) mass is 440 g/mol. The van der Waals surface area contributed by atoms with E-state index in [4.69, 9.17) is 0 Å². The fourth-order valence-electron chi connectivity index (χ4n) is 4.26. The summed E-state index contributed by atoms with van der Waals surface area (Å²) in [4.78, 5) is 0. The number of halogens is 5. The normalized spacial score (nSPS) is 15.1. The molecule has 0 radical (unpaired) electrons. The van der Waals surface area contributed by atoms with Crippen LogP contribution in [0.15, 0.2) is 42.5 Å². The molecule has 32 heavy (non-hydrogen) atoms. The van der Waals surface area contributed by atoms with Gasteiger partial charge in [-0.05, 0) is 78.1 Å². The molecule has 1 aliphatic carbocycles. The second-order valence-corrected chi connectivity index (χ2v) is 8.08. The Hall–Kier alpha value is -3.13. The van der Waals surface area contributed by atoms with Crippen LogP contribution >= 0.6 is 0 Å². The molecule has 0 aliphatic heterocycles. The van der Waals surface area contributed by atoms with Crippen molar-refractivity contribution in [3.8, 4) is 11.8 Å². The lowest BCUT2D eigenvalue weighted by Crippen LogP contribution is -2.16. The van der Waals surface area contributed by atoms with E-state index in [1.54, 1.807) is 18.2 Å². The maximum atomic E-state index is 14.7. The average Bonchev–Trinajstić information content (AvgIpc) is 2.78. The quantitative estimate of drug-likeness (QED) is 0.304. The first-order chi connectivity index (χ1) is 15.4. The summed E-state index contributed by atoms with van der Waals surface area (Å²) in [7, 11) is 0. The maximum absolute atomic E-state index is 14.7. The second kappa shape index (κ2) is 9.16. The van der Waals surface area contributed by atoms with E-state index in [1.807, 2.05) is 6.92 Å². The molecular formula is C27H21F5. The van der Waals surface area contributed by atoms with Crippen LogP contribution in [0, 0.1) is 40.9 Å². The van der Waals surface area contributed by atoms with Crippen molar-refractivity contribution in [2.45, 2.75) is 44.9 Å². The molecule has 0 saturated heterocycles. The van der Waals surface area contributed by atoms with Gasteiger partial charge in [0.25, 0.3) is 0 Å². The van der Waals surface area contributed by atoms with Gasteiger partial charge in [-0.3, -0.25) is 0 Å². The van der Waals surface area contributed by atoms with Gasteiger partial charge in [0.05, 0.1) is 11.1 Å². The Morgan fingerprint density at radius 2 is 1.59 bits per heavy atom.